The van der Waals surface area contributed by atoms with Gasteiger partial charge in [0.15, 0.2) is 11.5 Å². The third-order valence-corrected chi connectivity index (χ3v) is 4.30. The second-order valence-electron chi connectivity index (χ2n) is 5.83. The fraction of sp³-hybridized carbons (Fsp3) is 0.368. The molecule has 2 aromatic rings. The van der Waals surface area contributed by atoms with E-state index >= 15 is 0 Å². The maximum atomic E-state index is 12.7. The molecule has 0 spiro atoms. The number of nitrogens with one attached hydrogen (secondary N) is 1. The molecule has 0 atom stereocenters. The number of pyridine rings is 1. The van der Waals surface area contributed by atoms with Crippen molar-refractivity contribution in [3.63, 3.8) is 0 Å². The first-order valence-corrected chi connectivity index (χ1v) is 8.93. The largest absolute Gasteiger partial charge is 0.493 e. The summed E-state index contributed by atoms with van der Waals surface area (Å²) < 4.78 is 11.8. The molecule has 134 valence electrons. The Balaban J connectivity index is 2.32. The molecule has 0 fully saturated rings. The molecule has 0 aliphatic rings. The van der Waals surface area contributed by atoms with Crippen molar-refractivity contribution < 1.29 is 14.3 Å². The van der Waals surface area contributed by atoms with Gasteiger partial charge >= 0.3 is 0 Å². The normalized spacial score (nSPS) is 10.5. The fourth-order valence-electron chi connectivity index (χ4n) is 2.59. The van der Waals surface area contributed by atoms with Crippen LogP contribution >= 0.6 is 15.9 Å². The van der Waals surface area contributed by atoms with Gasteiger partial charge in [-0.15, -0.1) is 0 Å². The van der Waals surface area contributed by atoms with E-state index in [2.05, 4.69) is 26.2 Å². The summed E-state index contributed by atoms with van der Waals surface area (Å²) in [6, 6.07) is 5.35. The Kier molecular flexibility index (Phi) is 6.42. The molecule has 1 amide bonds. The Labute approximate surface area is 156 Å². The summed E-state index contributed by atoms with van der Waals surface area (Å²) in [4.78, 5) is 17.1. The van der Waals surface area contributed by atoms with Crippen LogP contribution in [0.5, 0.6) is 11.5 Å². The maximum Gasteiger partial charge on any atom is 0.255 e. The molecule has 1 aromatic heterocycles. The summed E-state index contributed by atoms with van der Waals surface area (Å²) in [5.74, 6) is 0.895. The third kappa shape index (κ3) is 4.51. The lowest BCUT2D eigenvalue weighted by Gasteiger charge is -2.15. The predicted molar refractivity (Wildman–Crippen MR) is 103 cm³/mol. The number of anilines is 1. The molecule has 0 bridgehead atoms. The van der Waals surface area contributed by atoms with Crippen LogP contribution in [0.2, 0.25) is 0 Å². The lowest BCUT2D eigenvalue weighted by atomic mass is 10.1. The van der Waals surface area contributed by atoms with Gasteiger partial charge in [-0.05, 0) is 66.9 Å². The zero-order valence-corrected chi connectivity index (χ0v) is 16.8. The molecular formula is C19H23BrN2O3. The minimum Gasteiger partial charge on any atom is -0.493 e. The van der Waals surface area contributed by atoms with E-state index in [1.54, 1.807) is 19.2 Å². The highest BCUT2D eigenvalue weighted by Gasteiger charge is 2.17. The molecule has 25 heavy (non-hydrogen) atoms. The second kappa shape index (κ2) is 8.34. The van der Waals surface area contributed by atoms with Gasteiger partial charge in [-0.25, -0.2) is 0 Å². The number of amides is 1. The van der Waals surface area contributed by atoms with Gasteiger partial charge in [-0.1, -0.05) is 6.92 Å². The Hall–Kier alpha value is -2.08. The number of hydrogen-bond acceptors (Lipinski definition) is 4. The topological polar surface area (TPSA) is 60.5 Å². The van der Waals surface area contributed by atoms with Crippen LogP contribution in [0.15, 0.2) is 22.7 Å². The molecule has 1 aromatic carbocycles. The van der Waals surface area contributed by atoms with Crippen LogP contribution in [0.3, 0.4) is 0 Å². The van der Waals surface area contributed by atoms with Gasteiger partial charge in [0.25, 0.3) is 5.91 Å². The molecule has 5 nitrogen and oxygen atoms in total. The predicted octanol–water partition coefficient (Wildman–Crippen LogP) is 4.82. The highest BCUT2D eigenvalue weighted by molar-refractivity contribution is 9.10. The summed E-state index contributed by atoms with van der Waals surface area (Å²) in [6.45, 7) is 8.38. The number of aromatic nitrogens is 1. The lowest BCUT2D eigenvalue weighted by molar-refractivity contribution is 0.102. The molecule has 0 radical (unpaired) electrons. The van der Waals surface area contributed by atoms with Crippen molar-refractivity contribution in [1.82, 2.24) is 4.98 Å². The number of rotatable bonds is 6. The zero-order valence-electron chi connectivity index (χ0n) is 15.2. The quantitative estimate of drug-likeness (QED) is 0.746. The van der Waals surface area contributed by atoms with Crippen LogP contribution in [0, 0.1) is 20.8 Å². The fourth-order valence-corrected chi connectivity index (χ4v) is 3.15. The smallest absolute Gasteiger partial charge is 0.255 e. The number of aryl methyl sites for hydroxylation is 3. The summed E-state index contributed by atoms with van der Waals surface area (Å²) in [6.07, 6.45) is 0.886. The molecule has 0 aliphatic heterocycles. The SMILES string of the molecule is CCCOc1c(Br)cc(C(=O)Nc2c(C)cc(C)nc2C)cc1OC. The first kappa shape index (κ1) is 19.2. The molecule has 1 heterocycles. The van der Waals surface area contributed by atoms with E-state index in [4.69, 9.17) is 9.47 Å². The summed E-state index contributed by atoms with van der Waals surface area (Å²) in [5.41, 5.74) is 3.91. The van der Waals surface area contributed by atoms with E-state index in [0.717, 1.165) is 29.1 Å². The first-order valence-electron chi connectivity index (χ1n) is 8.13. The summed E-state index contributed by atoms with van der Waals surface area (Å²) in [7, 11) is 1.56. The highest BCUT2D eigenvalue weighted by atomic mass is 79.9. The van der Waals surface area contributed by atoms with Gasteiger partial charge in [0.05, 0.1) is 29.6 Å². The number of carbonyl (C=O) groups is 1. The Morgan fingerprint density at radius 1 is 1.24 bits per heavy atom. The van der Waals surface area contributed by atoms with E-state index in [1.807, 2.05) is 33.8 Å². The summed E-state index contributed by atoms with van der Waals surface area (Å²) >= 11 is 3.46. The lowest BCUT2D eigenvalue weighted by Crippen LogP contribution is -2.15. The van der Waals surface area contributed by atoms with Gasteiger partial charge in [0.2, 0.25) is 0 Å². The molecule has 0 aliphatic carbocycles. The molecule has 1 N–H and O–H groups in total. The van der Waals surface area contributed by atoms with Gasteiger partial charge in [-0.2, -0.15) is 0 Å². The van der Waals surface area contributed by atoms with E-state index < -0.39 is 0 Å². The minimum atomic E-state index is -0.224. The molecule has 2 rings (SSSR count). The van der Waals surface area contributed by atoms with Crippen molar-refractivity contribution in [3.8, 4) is 11.5 Å². The monoisotopic (exact) mass is 406 g/mol. The minimum absolute atomic E-state index is 0.224. The van der Waals surface area contributed by atoms with Crippen molar-refractivity contribution >= 4 is 27.5 Å². The van der Waals surface area contributed by atoms with Crippen molar-refractivity contribution in [1.29, 1.82) is 0 Å². The van der Waals surface area contributed by atoms with Crippen molar-refractivity contribution in [2.75, 3.05) is 19.0 Å². The van der Waals surface area contributed by atoms with Crippen molar-refractivity contribution in [3.05, 3.63) is 45.2 Å². The average molecular weight is 407 g/mol. The van der Waals surface area contributed by atoms with Crippen LogP contribution < -0.4 is 14.8 Å². The Morgan fingerprint density at radius 3 is 2.56 bits per heavy atom. The van der Waals surface area contributed by atoms with Crippen LogP contribution in [0.25, 0.3) is 0 Å². The molecule has 6 heteroatoms. The van der Waals surface area contributed by atoms with Gasteiger partial charge < -0.3 is 14.8 Å². The van der Waals surface area contributed by atoms with E-state index in [-0.39, 0.29) is 5.91 Å². The van der Waals surface area contributed by atoms with E-state index in [1.165, 1.54) is 0 Å². The number of ether oxygens (including phenoxy) is 2. The molecule has 0 saturated heterocycles. The standard InChI is InChI=1S/C19H23BrN2O3/c1-6-7-25-18-15(20)9-14(10-16(18)24-5)19(23)22-17-11(2)8-12(3)21-13(17)4/h8-10H,6-7H2,1-5H3,(H,22,23). The summed E-state index contributed by atoms with van der Waals surface area (Å²) in [5, 5.41) is 2.94. The van der Waals surface area contributed by atoms with Crippen molar-refractivity contribution in [2.24, 2.45) is 0 Å². The Morgan fingerprint density at radius 2 is 1.96 bits per heavy atom. The first-order chi connectivity index (χ1) is 11.9. The van der Waals surface area contributed by atoms with Crippen LogP contribution in [0.1, 0.15) is 40.7 Å². The molecule has 0 saturated carbocycles. The van der Waals surface area contributed by atoms with E-state index in [9.17, 15) is 4.79 Å². The number of halogens is 1. The van der Waals surface area contributed by atoms with Gasteiger partial charge in [0.1, 0.15) is 0 Å². The molecular weight excluding hydrogens is 384 g/mol. The van der Waals surface area contributed by atoms with Crippen LogP contribution in [-0.4, -0.2) is 24.6 Å². The van der Waals surface area contributed by atoms with E-state index in [0.29, 0.717) is 28.1 Å². The second-order valence-corrected chi connectivity index (χ2v) is 6.69. The number of carbonyl (C=O) groups excluding carboxylic acids is 1. The van der Waals surface area contributed by atoms with Gasteiger partial charge in [0, 0.05) is 11.3 Å². The number of benzene rings is 1. The maximum absolute atomic E-state index is 12.7. The van der Waals surface area contributed by atoms with Gasteiger partial charge in [-0.3, -0.25) is 9.78 Å². The highest BCUT2D eigenvalue weighted by Crippen LogP contribution is 2.37. The van der Waals surface area contributed by atoms with Crippen LogP contribution in [-0.2, 0) is 0 Å². The van der Waals surface area contributed by atoms with Crippen molar-refractivity contribution in [2.45, 2.75) is 34.1 Å². The average Bonchev–Trinajstić information content (AvgIpc) is 2.56. The number of hydrogen-bond donors (Lipinski definition) is 1. The number of nitrogens with zero attached hydrogens (tertiary/aromatic N) is 1. The molecule has 0 unspecified atom stereocenters. The zero-order chi connectivity index (χ0) is 18.6. The Bertz CT molecular complexity index is 767. The third-order valence-electron chi connectivity index (χ3n) is 3.71. The van der Waals surface area contributed by atoms with Crippen LogP contribution in [0.4, 0.5) is 5.69 Å². The number of methoxy groups -OCH3 is 1.